The first-order chi connectivity index (χ1) is 9.68. The van der Waals surface area contributed by atoms with Crippen molar-refractivity contribution < 1.29 is 5.11 Å². The minimum absolute atomic E-state index is 0.182. The summed E-state index contributed by atoms with van der Waals surface area (Å²) < 4.78 is 1.00. The second kappa shape index (κ2) is 5.43. The molecule has 1 saturated carbocycles. The van der Waals surface area contributed by atoms with Gasteiger partial charge in [0.2, 0.25) is 0 Å². The summed E-state index contributed by atoms with van der Waals surface area (Å²) in [6.45, 7) is 0.526. The fourth-order valence-electron chi connectivity index (χ4n) is 3.38. The van der Waals surface area contributed by atoms with Crippen LogP contribution in [0.5, 0.6) is 0 Å². The highest BCUT2D eigenvalue weighted by molar-refractivity contribution is 9.10. The minimum Gasteiger partial charge on any atom is -0.388 e. The van der Waals surface area contributed by atoms with Gasteiger partial charge in [-0.1, -0.05) is 40.9 Å². The van der Waals surface area contributed by atoms with Crippen LogP contribution in [-0.2, 0) is 0 Å². The maximum atomic E-state index is 10.9. The van der Waals surface area contributed by atoms with Gasteiger partial charge in [-0.2, -0.15) is 0 Å². The number of aliphatic hydroxyl groups excluding tert-OH is 1. The van der Waals surface area contributed by atoms with Crippen LogP contribution in [0.1, 0.15) is 37.4 Å². The molecule has 3 rings (SSSR count). The van der Waals surface area contributed by atoms with E-state index in [1.807, 2.05) is 24.3 Å². The summed E-state index contributed by atoms with van der Waals surface area (Å²) in [6, 6.07) is 7.89. The monoisotopic (exact) mass is 334 g/mol. The molecule has 106 valence electrons. The van der Waals surface area contributed by atoms with Crippen molar-refractivity contribution in [3.8, 4) is 0 Å². The smallest absolute Gasteiger partial charge is 0.0879 e. The van der Waals surface area contributed by atoms with E-state index >= 15 is 0 Å². The van der Waals surface area contributed by atoms with Gasteiger partial charge in [0.1, 0.15) is 0 Å². The van der Waals surface area contributed by atoms with Crippen LogP contribution in [0, 0.1) is 5.41 Å². The fraction of sp³-hybridized carbons (Fsp3) is 0.438. The van der Waals surface area contributed by atoms with Crippen molar-refractivity contribution in [2.24, 2.45) is 11.1 Å². The highest BCUT2D eigenvalue weighted by atomic mass is 79.9. The summed E-state index contributed by atoms with van der Waals surface area (Å²) in [5, 5.41) is 12.0. The minimum atomic E-state index is -0.541. The van der Waals surface area contributed by atoms with Crippen LogP contribution in [0.3, 0.4) is 0 Å². The highest BCUT2D eigenvalue weighted by Gasteiger charge is 2.40. The predicted octanol–water partition coefficient (Wildman–Crippen LogP) is 3.55. The van der Waals surface area contributed by atoms with Crippen molar-refractivity contribution >= 4 is 26.8 Å². The zero-order valence-electron chi connectivity index (χ0n) is 11.3. The Morgan fingerprint density at radius 3 is 2.75 bits per heavy atom. The van der Waals surface area contributed by atoms with E-state index in [0.29, 0.717) is 6.54 Å². The molecule has 1 aromatic heterocycles. The molecule has 1 heterocycles. The zero-order valence-corrected chi connectivity index (χ0v) is 12.9. The van der Waals surface area contributed by atoms with Crippen molar-refractivity contribution in [3.05, 3.63) is 40.5 Å². The third kappa shape index (κ3) is 2.16. The number of fused-ring (bicyclic) bond motifs is 1. The SMILES string of the molecule is NCC1(C(O)c2ccc(Br)c3cccnc23)CCCC1. The van der Waals surface area contributed by atoms with E-state index < -0.39 is 6.10 Å². The fourth-order valence-corrected chi connectivity index (χ4v) is 3.83. The summed E-state index contributed by atoms with van der Waals surface area (Å²) in [5.41, 5.74) is 7.58. The van der Waals surface area contributed by atoms with Crippen molar-refractivity contribution in [2.75, 3.05) is 6.54 Å². The summed E-state index contributed by atoms with van der Waals surface area (Å²) in [7, 11) is 0. The van der Waals surface area contributed by atoms with Gasteiger partial charge in [-0.25, -0.2) is 0 Å². The number of halogens is 1. The number of hydrogen-bond donors (Lipinski definition) is 2. The molecule has 2 aromatic rings. The van der Waals surface area contributed by atoms with Crippen molar-refractivity contribution in [3.63, 3.8) is 0 Å². The number of nitrogens with zero attached hydrogens (tertiary/aromatic N) is 1. The molecule has 1 atom stereocenters. The average Bonchev–Trinajstić information content (AvgIpc) is 2.97. The van der Waals surface area contributed by atoms with Crippen LogP contribution in [0.15, 0.2) is 34.9 Å². The number of nitrogens with two attached hydrogens (primary N) is 1. The molecule has 1 aromatic carbocycles. The van der Waals surface area contributed by atoms with Crippen LogP contribution in [0.4, 0.5) is 0 Å². The van der Waals surface area contributed by atoms with Gasteiger partial charge in [-0.3, -0.25) is 4.98 Å². The summed E-state index contributed by atoms with van der Waals surface area (Å²) in [6.07, 6.45) is 5.52. The molecule has 4 heteroatoms. The van der Waals surface area contributed by atoms with E-state index in [0.717, 1.165) is 46.6 Å². The third-order valence-electron chi connectivity index (χ3n) is 4.63. The van der Waals surface area contributed by atoms with Crippen LogP contribution >= 0.6 is 15.9 Å². The Balaban J connectivity index is 2.12. The van der Waals surface area contributed by atoms with Gasteiger partial charge in [0.25, 0.3) is 0 Å². The van der Waals surface area contributed by atoms with Crippen LogP contribution < -0.4 is 5.73 Å². The van der Waals surface area contributed by atoms with Gasteiger partial charge in [-0.15, -0.1) is 0 Å². The number of rotatable bonds is 3. The molecule has 0 radical (unpaired) electrons. The van der Waals surface area contributed by atoms with E-state index in [1.165, 1.54) is 0 Å². The molecular weight excluding hydrogens is 316 g/mol. The largest absolute Gasteiger partial charge is 0.388 e. The lowest BCUT2D eigenvalue weighted by Crippen LogP contribution is -2.34. The third-order valence-corrected chi connectivity index (χ3v) is 5.32. The van der Waals surface area contributed by atoms with Gasteiger partial charge in [0.15, 0.2) is 0 Å². The van der Waals surface area contributed by atoms with E-state index in [9.17, 15) is 5.11 Å². The molecule has 0 aliphatic heterocycles. The number of benzene rings is 1. The number of aromatic nitrogens is 1. The highest BCUT2D eigenvalue weighted by Crippen LogP contribution is 2.48. The second-order valence-electron chi connectivity index (χ2n) is 5.71. The summed E-state index contributed by atoms with van der Waals surface area (Å²) >= 11 is 3.55. The van der Waals surface area contributed by atoms with Gasteiger partial charge < -0.3 is 10.8 Å². The molecule has 0 spiro atoms. The van der Waals surface area contributed by atoms with E-state index in [1.54, 1.807) is 6.20 Å². The molecule has 0 amide bonds. The Morgan fingerprint density at radius 2 is 2.05 bits per heavy atom. The van der Waals surface area contributed by atoms with E-state index in [-0.39, 0.29) is 5.41 Å². The van der Waals surface area contributed by atoms with Crippen molar-refractivity contribution in [2.45, 2.75) is 31.8 Å². The molecular formula is C16H19BrN2O. The maximum absolute atomic E-state index is 10.9. The number of aliphatic hydroxyl groups is 1. The standard InChI is InChI=1S/C16H19BrN2O/c17-13-6-5-12(14-11(13)4-3-9-19-14)15(20)16(10-18)7-1-2-8-16/h3-6,9,15,20H,1-2,7-8,10,18H2. The lowest BCUT2D eigenvalue weighted by molar-refractivity contribution is 0.0343. The number of pyridine rings is 1. The topological polar surface area (TPSA) is 59.1 Å². The molecule has 20 heavy (non-hydrogen) atoms. The van der Waals surface area contributed by atoms with Crippen LogP contribution in [0.25, 0.3) is 10.9 Å². The quantitative estimate of drug-likeness (QED) is 0.902. The van der Waals surface area contributed by atoms with Gasteiger partial charge in [-0.05, 0) is 25.0 Å². The molecule has 0 saturated heterocycles. The molecule has 1 aliphatic carbocycles. The van der Waals surface area contributed by atoms with Gasteiger partial charge >= 0.3 is 0 Å². The van der Waals surface area contributed by atoms with Gasteiger partial charge in [0.05, 0.1) is 11.6 Å². The first-order valence-electron chi connectivity index (χ1n) is 7.09. The van der Waals surface area contributed by atoms with Gasteiger partial charge in [0, 0.05) is 33.6 Å². The second-order valence-corrected chi connectivity index (χ2v) is 6.57. The lowest BCUT2D eigenvalue weighted by Gasteiger charge is -2.33. The molecule has 0 bridgehead atoms. The first kappa shape index (κ1) is 14.0. The molecule has 1 unspecified atom stereocenters. The Labute approximate surface area is 127 Å². The Morgan fingerprint density at radius 1 is 1.30 bits per heavy atom. The lowest BCUT2D eigenvalue weighted by atomic mass is 9.77. The Hall–Kier alpha value is -0.970. The molecule has 3 nitrogen and oxygen atoms in total. The van der Waals surface area contributed by atoms with E-state index in [4.69, 9.17) is 5.73 Å². The normalized spacial score (nSPS) is 19.4. The zero-order chi connectivity index (χ0) is 14.2. The van der Waals surface area contributed by atoms with Crippen molar-refractivity contribution in [1.29, 1.82) is 0 Å². The maximum Gasteiger partial charge on any atom is 0.0879 e. The Kier molecular flexibility index (Phi) is 3.80. The first-order valence-corrected chi connectivity index (χ1v) is 7.88. The Bertz CT molecular complexity index is 623. The van der Waals surface area contributed by atoms with Crippen LogP contribution in [0.2, 0.25) is 0 Å². The van der Waals surface area contributed by atoms with E-state index in [2.05, 4.69) is 20.9 Å². The predicted molar refractivity (Wildman–Crippen MR) is 84.4 cm³/mol. The van der Waals surface area contributed by atoms with Crippen LogP contribution in [-0.4, -0.2) is 16.6 Å². The number of hydrogen-bond acceptors (Lipinski definition) is 3. The molecule has 3 N–H and O–H groups in total. The summed E-state index contributed by atoms with van der Waals surface area (Å²) in [5.74, 6) is 0. The molecule has 1 aliphatic rings. The van der Waals surface area contributed by atoms with Crippen molar-refractivity contribution in [1.82, 2.24) is 4.98 Å². The summed E-state index contributed by atoms with van der Waals surface area (Å²) in [4.78, 5) is 4.47. The molecule has 1 fully saturated rings. The average molecular weight is 335 g/mol.